The molecule has 0 unspecified atom stereocenters. The number of para-hydroxylation sites is 2. The molecular weight excluding hydrogens is 342 g/mol. The molecule has 144 valence electrons. The third kappa shape index (κ3) is 6.02. The zero-order valence-electron chi connectivity index (χ0n) is 16.3. The average Bonchev–Trinajstić information content (AvgIpc) is 2.63. The normalized spacial score (nSPS) is 10.4. The van der Waals surface area contributed by atoms with Gasteiger partial charge < -0.3 is 20.7 Å². The van der Waals surface area contributed by atoms with Crippen molar-refractivity contribution in [3.63, 3.8) is 0 Å². The SMILES string of the molecule is CCC(=O)Nc1cccc(NC(=O)CNc2ccccc2OC(C)C)c1C. The number of amides is 2. The van der Waals surface area contributed by atoms with E-state index in [2.05, 4.69) is 16.0 Å². The predicted molar refractivity (Wildman–Crippen MR) is 109 cm³/mol. The smallest absolute Gasteiger partial charge is 0.243 e. The molecule has 6 nitrogen and oxygen atoms in total. The summed E-state index contributed by atoms with van der Waals surface area (Å²) in [6.45, 7) is 7.67. The van der Waals surface area contributed by atoms with Crippen LogP contribution in [0.3, 0.4) is 0 Å². The molecule has 0 saturated heterocycles. The predicted octanol–water partition coefficient (Wildman–Crippen LogP) is 4.18. The van der Waals surface area contributed by atoms with Gasteiger partial charge in [-0.1, -0.05) is 25.1 Å². The van der Waals surface area contributed by atoms with Crippen molar-refractivity contribution in [2.24, 2.45) is 0 Å². The summed E-state index contributed by atoms with van der Waals surface area (Å²) in [6.07, 6.45) is 0.447. The Labute approximate surface area is 160 Å². The van der Waals surface area contributed by atoms with Crippen LogP contribution in [-0.2, 0) is 9.59 Å². The minimum Gasteiger partial charge on any atom is -0.489 e. The quantitative estimate of drug-likeness (QED) is 0.652. The van der Waals surface area contributed by atoms with Crippen LogP contribution in [0, 0.1) is 6.92 Å². The van der Waals surface area contributed by atoms with E-state index in [0.717, 1.165) is 11.3 Å². The van der Waals surface area contributed by atoms with Crippen molar-refractivity contribution >= 4 is 28.9 Å². The topological polar surface area (TPSA) is 79.5 Å². The lowest BCUT2D eigenvalue weighted by atomic mass is 10.1. The number of anilines is 3. The van der Waals surface area contributed by atoms with Crippen LogP contribution in [0.1, 0.15) is 32.8 Å². The summed E-state index contributed by atoms with van der Waals surface area (Å²) in [5.41, 5.74) is 2.95. The van der Waals surface area contributed by atoms with E-state index < -0.39 is 0 Å². The van der Waals surface area contributed by atoms with Gasteiger partial charge in [0.1, 0.15) is 5.75 Å². The van der Waals surface area contributed by atoms with Gasteiger partial charge in [0, 0.05) is 17.8 Å². The molecule has 27 heavy (non-hydrogen) atoms. The first-order valence-electron chi connectivity index (χ1n) is 9.09. The van der Waals surface area contributed by atoms with Gasteiger partial charge in [0.2, 0.25) is 11.8 Å². The largest absolute Gasteiger partial charge is 0.489 e. The second-order valence-electron chi connectivity index (χ2n) is 6.44. The van der Waals surface area contributed by atoms with E-state index in [1.807, 2.05) is 57.2 Å². The summed E-state index contributed by atoms with van der Waals surface area (Å²) in [5, 5.41) is 8.82. The van der Waals surface area contributed by atoms with Crippen molar-refractivity contribution in [2.75, 3.05) is 22.5 Å². The van der Waals surface area contributed by atoms with E-state index in [0.29, 0.717) is 23.5 Å². The standard InChI is InChI=1S/C21H27N3O3/c1-5-20(25)23-16-10-8-11-17(15(16)4)24-21(26)13-22-18-9-6-7-12-19(18)27-14(2)3/h6-12,14,22H,5,13H2,1-4H3,(H,23,25)(H,24,26). The number of benzene rings is 2. The minimum atomic E-state index is -0.184. The molecule has 0 atom stereocenters. The van der Waals surface area contributed by atoms with Crippen molar-refractivity contribution < 1.29 is 14.3 Å². The first-order valence-corrected chi connectivity index (χ1v) is 9.09. The van der Waals surface area contributed by atoms with Gasteiger partial charge in [0.15, 0.2) is 0 Å². The third-order valence-electron chi connectivity index (χ3n) is 3.89. The summed E-state index contributed by atoms with van der Waals surface area (Å²) < 4.78 is 5.74. The van der Waals surface area contributed by atoms with Gasteiger partial charge in [-0.15, -0.1) is 0 Å². The maximum Gasteiger partial charge on any atom is 0.243 e. The van der Waals surface area contributed by atoms with Gasteiger partial charge in [-0.05, 0) is 50.6 Å². The molecule has 0 bridgehead atoms. The molecule has 2 aromatic rings. The molecule has 2 amide bonds. The van der Waals surface area contributed by atoms with Crippen molar-refractivity contribution in [3.05, 3.63) is 48.0 Å². The molecule has 0 saturated carbocycles. The second kappa shape index (κ2) is 9.62. The van der Waals surface area contributed by atoms with Gasteiger partial charge >= 0.3 is 0 Å². The number of hydrogen-bond acceptors (Lipinski definition) is 4. The molecule has 0 aliphatic rings. The first-order chi connectivity index (χ1) is 12.9. The second-order valence-corrected chi connectivity index (χ2v) is 6.44. The van der Waals surface area contributed by atoms with Crippen LogP contribution >= 0.6 is 0 Å². The summed E-state index contributed by atoms with van der Waals surface area (Å²) >= 11 is 0. The zero-order chi connectivity index (χ0) is 19.8. The van der Waals surface area contributed by atoms with Gasteiger partial charge in [-0.2, -0.15) is 0 Å². The van der Waals surface area contributed by atoms with Gasteiger partial charge in [0.25, 0.3) is 0 Å². The third-order valence-corrected chi connectivity index (χ3v) is 3.89. The Bertz CT molecular complexity index is 803. The van der Waals surface area contributed by atoms with Gasteiger partial charge in [-0.25, -0.2) is 0 Å². The molecule has 0 radical (unpaired) electrons. The maximum absolute atomic E-state index is 12.4. The molecule has 2 aromatic carbocycles. The van der Waals surface area contributed by atoms with Crippen LogP contribution in [0.2, 0.25) is 0 Å². The Kier molecular flexibility index (Phi) is 7.23. The van der Waals surface area contributed by atoms with Crippen LogP contribution in [0.4, 0.5) is 17.1 Å². The Balaban J connectivity index is 2.01. The number of carbonyl (C=O) groups is 2. The molecule has 0 aliphatic carbocycles. The molecule has 3 N–H and O–H groups in total. The van der Waals surface area contributed by atoms with E-state index in [-0.39, 0.29) is 24.5 Å². The summed E-state index contributed by atoms with van der Waals surface area (Å²) in [6, 6.07) is 12.9. The fourth-order valence-corrected chi connectivity index (χ4v) is 2.48. The van der Waals surface area contributed by atoms with Crippen LogP contribution in [0.5, 0.6) is 5.75 Å². The lowest BCUT2D eigenvalue weighted by molar-refractivity contribution is -0.116. The average molecular weight is 369 g/mol. The van der Waals surface area contributed by atoms with Crippen LogP contribution < -0.4 is 20.7 Å². The van der Waals surface area contributed by atoms with E-state index in [1.54, 1.807) is 13.0 Å². The zero-order valence-corrected chi connectivity index (χ0v) is 16.3. The molecule has 0 spiro atoms. The van der Waals surface area contributed by atoms with Crippen LogP contribution in [-0.4, -0.2) is 24.5 Å². The van der Waals surface area contributed by atoms with E-state index in [1.165, 1.54) is 0 Å². The van der Waals surface area contributed by atoms with Crippen LogP contribution in [0.15, 0.2) is 42.5 Å². The highest BCUT2D eigenvalue weighted by atomic mass is 16.5. The molecule has 6 heteroatoms. The summed E-state index contributed by atoms with van der Waals surface area (Å²) in [5.74, 6) is 0.460. The number of carbonyl (C=O) groups excluding carboxylic acids is 2. The highest BCUT2D eigenvalue weighted by Gasteiger charge is 2.11. The molecule has 0 heterocycles. The monoisotopic (exact) mass is 369 g/mol. The molecular formula is C21H27N3O3. The lowest BCUT2D eigenvalue weighted by Gasteiger charge is -2.16. The van der Waals surface area contributed by atoms with Crippen molar-refractivity contribution in [2.45, 2.75) is 40.2 Å². The number of nitrogens with one attached hydrogen (secondary N) is 3. The van der Waals surface area contributed by atoms with Crippen LogP contribution in [0.25, 0.3) is 0 Å². The Morgan fingerprint density at radius 2 is 1.52 bits per heavy atom. The number of ether oxygens (including phenoxy) is 1. The maximum atomic E-state index is 12.4. The Hall–Kier alpha value is -3.02. The van der Waals surface area contributed by atoms with E-state index in [9.17, 15) is 9.59 Å². The molecule has 0 aliphatic heterocycles. The summed E-state index contributed by atoms with van der Waals surface area (Å²) in [7, 11) is 0. The fraction of sp³-hybridized carbons (Fsp3) is 0.333. The fourth-order valence-electron chi connectivity index (χ4n) is 2.48. The van der Waals surface area contributed by atoms with Crippen molar-refractivity contribution in [1.29, 1.82) is 0 Å². The minimum absolute atomic E-state index is 0.0468. The lowest BCUT2D eigenvalue weighted by Crippen LogP contribution is -2.23. The molecule has 2 rings (SSSR count). The van der Waals surface area contributed by atoms with Crippen molar-refractivity contribution in [3.8, 4) is 5.75 Å². The first kappa shape index (κ1) is 20.3. The summed E-state index contributed by atoms with van der Waals surface area (Å²) in [4.78, 5) is 24.0. The van der Waals surface area contributed by atoms with E-state index in [4.69, 9.17) is 4.74 Å². The highest BCUT2D eigenvalue weighted by Crippen LogP contribution is 2.25. The van der Waals surface area contributed by atoms with Gasteiger partial charge in [-0.3, -0.25) is 9.59 Å². The highest BCUT2D eigenvalue weighted by molar-refractivity contribution is 5.97. The number of hydrogen-bond donors (Lipinski definition) is 3. The Morgan fingerprint density at radius 1 is 0.926 bits per heavy atom. The molecule has 0 aromatic heterocycles. The van der Waals surface area contributed by atoms with Crippen molar-refractivity contribution in [1.82, 2.24) is 0 Å². The van der Waals surface area contributed by atoms with Gasteiger partial charge in [0.05, 0.1) is 18.3 Å². The van der Waals surface area contributed by atoms with E-state index >= 15 is 0 Å². The number of rotatable bonds is 8. The Morgan fingerprint density at radius 3 is 2.15 bits per heavy atom. The molecule has 0 fully saturated rings.